The fraction of sp³-hybridized carbons (Fsp3) is 0.308. The summed E-state index contributed by atoms with van der Waals surface area (Å²) in [7, 11) is 0. The van der Waals surface area contributed by atoms with Crippen molar-refractivity contribution in [2.45, 2.75) is 19.1 Å². The quantitative estimate of drug-likeness (QED) is 0.482. The summed E-state index contributed by atoms with van der Waals surface area (Å²) in [5.41, 5.74) is 6.21. The van der Waals surface area contributed by atoms with E-state index in [0.29, 0.717) is 0 Å². The number of carbonyl (C=O) groups excluding carboxylic acids is 1. The van der Waals surface area contributed by atoms with Crippen LogP contribution in [0.15, 0.2) is 30.3 Å². The van der Waals surface area contributed by atoms with Crippen molar-refractivity contribution < 1.29 is 29.3 Å². The van der Waals surface area contributed by atoms with Crippen molar-refractivity contribution in [3.63, 3.8) is 0 Å². The Kier molecular flexibility index (Phi) is 5.67. The normalized spacial score (nSPS) is 11.9. The second kappa shape index (κ2) is 7.25. The van der Waals surface area contributed by atoms with Gasteiger partial charge in [-0.05, 0) is 12.0 Å². The van der Waals surface area contributed by atoms with Gasteiger partial charge in [0, 0.05) is 0 Å². The van der Waals surface area contributed by atoms with Gasteiger partial charge in [0.15, 0.2) is 5.92 Å². The van der Waals surface area contributed by atoms with Crippen molar-refractivity contribution in [1.82, 2.24) is 0 Å². The predicted octanol–water partition coefficient (Wildman–Crippen LogP) is 0.233. The molecule has 20 heavy (non-hydrogen) atoms. The summed E-state index contributed by atoms with van der Waals surface area (Å²) in [6.07, 6.45) is -0.516. The zero-order valence-electron chi connectivity index (χ0n) is 10.6. The molecular weight excluding hydrogens is 266 g/mol. The zero-order chi connectivity index (χ0) is 15.1. The lowest BCUT2D eigenvalue weighted by Gasteiger charge is -2.14. The molecule has 0 saturated heterocycles. The number of benzene rings is 1. The third kappa shape index (κ3) is 4.69. The number of carbonyl (C=O) groups is 3. The third-order valence-electron chi connectivity index (χ3n) is 2.61. The fourth-order valence-corrected chi connectivity index (χ4v) is 1.49. The lowest BCUT2D eigenvalue weighted by atomic mass is 10.0. The van der Waals surface area contributed by atoms with Gasteiger partial charge in [0.05, 0.1) is 0 Å². The van der Waals surface area contributed by atoms with Crippen molar-refractivity contribution in [3.05, 3.63) is 35.9 Å². The van der Waals surface area contributed by atoms with Gasteiger partial charge in [-0.1, -0.05) is 30.3 Å². The van der Waals surface area contributed by atoms with Crippen LogP contribution in [0.1, 0.15) is 12.0 Å². The van der Waals surface area contributed by atoms with Crippen molar-refractivity contribution in [1.29, 1.82) is 0 Å². The Balaban J connectivity index is 2.50. The van der Waals surface area contributed by atoms with Gasteiger partial charge in [-0.2, -0.15) is 0 Å². The molecule has 4 N–H and O–H groups in total. The van der Waals surface area contributed by atoms with E-state index in [2.05, 4.69) is 0 Å². The van der Waals surface area contributed by atoms with Crippen LogP contribution in [0.2, 0.25) is 0 Å². The van der Waals surface area contributed by atoms with Crippen LogP contribution in [0, 0.1) is 5.92 Å². The first-order valence-electron chi connectivity index (χ1n) is 5.83. The Labute approximate surface area is 115 Å². The minimum atomic E-state index is -1.73. The molecule has 0 amide bonds. The zero-order valence-corrected chi connectivity index (χ0v) is 10.6. The van der Waals surface area contributed by atoms with E-state index < -0.39 is 36.3 Å². The van der Waals surface area contributed by atoms with Gasteiger partial charge in [-0.25, -0.2) is 0 Å². The molecule has 0 heterocycles. The highest BCUT2D eigenvalue weighted by Gasteiger charge is 2.31. The number of esters is 1. The molecule has 1 aromatic carbocycles. The summed E-state index contributed by atoms with van der Waals surface area (Å²) in [5, 5.41) is 17.4. The van der Waals surface area contributed by atoms with Gasteiger partial charge in [-0.15, -0.1) is 0 Å². The molecule has 0 aromatic heterocycles. The summed E-state index contributed by atoms with van der Waals surface area (Å²) in [5.74, 6) is -5.64. The fourth-order valence-electron chi connectivity index (χ4n) is 1.49. The maximum absolute atomic E-state index is 11.6. The monoisotopic (exact) mass is 281 g/mol. The lowest BCUT2D eigenvalue weighted by molar-refractivity contribution is -0.156. The van der Waals surface area contributed by atoms with E-state index in [1.54, 1.807) is 30.3 Å². The molecule has 7 nitrogen and oxygen atoms in total. The molecule has 0 spiro atoms. The molecule has 1 rings (SSSR count). The Hall–Kier alpha value is -2.41. The average molecular weight is 281 g/mol. The van der Waals surface area contributed by atoms with Crippen molar-refractivity contribution in [2.75, 3.05) is 0 Å². The number of rotatable bonds is 7. The van der Waals surface area contributed by atoms with Crippen LogP contribution in [0.4, 0.5) is 0 Å². The first-order chi connectivity index (χ1) is 9.41. The van der Waals surface area contributed by atoms with Gasteiger partial charge in [0.2, 0.25) is 0 Å². The van der Waals surface area contributed by atoms with Crippen LogP contribution < -0.4 is 5.73 Å². The molecule has 1 atom stereocenters. The molecule has 0 fully saturated rings. The Morgan fingerprint density at radius 2 is 1.65 bits per heavy atom. The molecule has 0 saturated carbocycles. The van der Waals surface area contributed by atoms with E-state index >= 15 is 0 Å². The number of aliphatic carboxylic acids is 2. The predicted molar refractivity (Wildman–Crippen MR) is 67.6 cm³/mol. The lowest BCUT2D eigenvalue weighted by Crippen LogP contribution is -2.38. The summed E-state index contributed by atoms with van der Waals surface area (Å²) in [4.78, 5) is 32.9. The second-order valence-corrected chi connectivity index (χ2v) is 4.16. The second-order valence-electron chi connectivity index (χ2n) is 4.16. The van der Waals surface area contributed by atoms with Crippen LogP contribution in [0.25, 0.3) is 0 Å². The topological polar surface area (TPSA) is 127 Å². The van der Waals surface area contributed by atoms with Crippen LogP contribution in [-0.2, 0) is 25.7 Å². The van der Waals surface area contributed by atoms with Crippen molar-refractivity contribution in [3.8, 4) is 0 Å². The maximum atomic E-state index is 11.6. The van der Waals surface area contributed by atoms with Crippen molar-refractivity contribution >= 4 is 17.9 Å². The SMILES string of the molecule is NC(CC(C(=O)O)C(=O)O)C(=O)OCc1ccccc1. The van der Waals surface area contributed by atoms with E-state index in [-0.39, 0.29) is 6.61 Å². The number of carboxylic acids is 2. The highest BCUT2D eigenvalue weighted by atomic mass is 16.5. The maximum Gasteiger partial charge on any atom is 0.323 e. The Bertz CT molecular complexity index is 473. The molecule has 1 unspecified atom stereocenters. The number of hydrogen-bond donors (Lipinski definition) is 3. The number of carboxylic acid groups (broad SMARTS) is 2. The molecular formula is C13H15NO6. The minimum Gasteiger partial charge on any atom is -0.481 e. The number of ether oxygens (including phenoxy) is 1. The minimum absolute atomic E-state index is 0.00180. The van der Waals surface area contributed by atoms with E-state index in [9.17, 15) is 14.4 Å². The highest BCUT2D eigenvalue weighted by molar-refractivity contribution is 5.93. The number of nitrogens with two attached hydrogens (primary N) is 1. The third-order valence-corrected chi connectivity index (χ3v) is 2.61. The van der Waals surface area contributed by atoms with Gasteiger partial charge < -0.3 is 20.7 Å². The van der Waals surface area contributed by atoms with Crippen molar-refractivity contribution in [2.24, 2.45) is 11.7 Å². The van der Waals surface area contributed by atoms with Gasteiger partial charge in [0.1, 0.15) is 12.6 Å². The first-order valence-corrected chi connectivity index (χ1v) is 5.83. The molecule has 1 aromatic rings. The molecule has 7 heteroatoms. The Morgan fingerprint density at radius 3 is 2.15 bits per heavy atom. The molecule has 0 bridgehead atoms. The van der Waals surface area contributed by atoms with E-state index in [1.165, 1.54) is 0 Å². The standard InChI is InChI=1S/C13H15NO6/c14-10(6-9(11(15)16)12(17)18)13(19)20-7-8-4-2-1-3-5-8/h1-5,9-10H,6-7,14H2,(H,15,16)(H,17,18). The first kappa shape index (κ1) is 15.6. The molecule has 0 radical (unpaired) electrons. The van der Waals surface area contributed by atoms with Crippen LogP contribution in [0.3, 0.4) is 0 Å². The summed E-state index contributed by atoms with van der Waals surface area (Å²) in [6.45, 7) is -0.00180. The summed E-state index contributed by atoms with van der Waals surface area (Å²) < 4.78 is 4.90. The molecule has 0 aliphatic carbocycles. The van der Waals surface area contributed by atoms with Crippen LogP contribution in [-0.4, -0.2) is 34.2 Å². The highest BCUT2D eigenvalue weighted by Crippen LogP contribution is 2.09. The molecule has 108 valence electrons. The van der Waals surface area contributed by atoms with Crippen LogP contribution >= 0.6 is 0 Å². The molecule has 0 aliphatic rings. The number of hydrogen-bond acceptors (Lipinski definition) is 5. The van der Waals surface area contributed by atoms with Gasteiger partial charge in [-0.3, -0.25) is 14.4 Å². The van der Waals surface area contributed by atoms with E-state index in [0.717, 1.165) is 5.56 Å². The summed E-state index contributed by atoms with van der Waals surface area (Å²) >= 11 is 0. The van der Waals surface area contributed by atoms with Gasteiger partial charge in [0.25, 0.3) is 0 Å². The summed E-state index contributed by atoms with van der Waals surface area (Å²) in [6, 6.07) is 7.55. The van der Waals surface area contributed by atoms with E-state index in [4.69, 9.17) is 20.7 Å². The van der Waals surface area contributed by atoms with Gasteiger partial charge >= 0.3 is 17.9 Å². The average Bonchev–Trinajstić information content (AvgIpc) is 2.42. The van der Waals surface area contributed by atoms with Crippen LogP contribution in [0.5, 0.6) is 0 Å². The van der Waals surface area contributed by atoms with E-state index in [1.807, 2.05) is 0 Å². The smallest absolute Gasteiger partial charge is 0.323 e. The molecule has 0 aliphatic heterocycles. The largest absolute Gasteiger partial charge is 0.481 e. The Morgan fingerprint density at radius 1 is 1.10 bits per heavy atom.